The Kier molecular flexibility index (Phi) is 5.05. The highest BCUT2D eigenvalue weighted by Crippen LogP contribution is 2.20. The zero-order chi connectivity index (χ0) is 17.6. The minimum absolute atomic E-state index is 0.0460. The van der Waals surface area contributed by atoms with Crippen LogP contribution in [0, 0.1) is 5.41 Å². The molecule has 0 unspecified atom stereocenters. The van der Waals surface area contributed by atoms with Crippen molar-refractivity contribution in [2.45, 2.75) is 12.8 Å². The Bertz CT molecular complexity index is 883. The number of carbonyl (C=O) groups excluding carboxylic acids is 1. The van der Waals surface area contributed by atoms with Gasteiger partial charge in [-0.15, -0.1) is 0 Å². The lowest BCUT2D eigenvalue weighted by Crippen LogP contribution is -2.11. The molecule has 0 atom stereocenters. The van der Waals surface area contributed by atoms with Crippen molar-refractivity contribution in [2.24, 2.45) is 5.73 Å². The minimum atomic E-state index is 0.0460. The maximum Gasteiger partial charge on any atom is 0.163 e. The first-order valence-corrected chi connectivity index (χ1v) is 8.25. The molecular formula is C22H20N2O. The molecule has 124 valence electrons. The molecule has 0 spiro atoms. The second-order valence-corrected chi connectivity index (χ2v) is 5.98. The smallest absolute Gasteiger partial charge is 0.163 e. The van der Waals surface area contributed by atoms with Crippen molar-refractivity contribution in [3.05, 3.63) is 95.6 Å². The number of nitrogens with two attached hydrogens (primary N) is 1. The van der Waals surface area contributed by atoms with Crippen molar-refractivity contribution in [1.29, 1.82) is 5.41 Å². The lowest BCUT2D eigenvalue weighted by Gasteiger charge is -2.06. The maximum atomic E-state index is 12.4. The van der Waals surface area contributed by atoms with Gasteiger partial charge in [-0.25, -0.2) is 0 Å². The van der Waals surface area contributed by atoms with Gasteiger partial charge in [0.05, 0.1) is 0 Å². The van der Waals surface area contributed by atoms with Crippen molar-refractivity contribution in [1.82, 2.24) is 0 Å². The van der Waals surface area contributed by atoms with E-state index in [0.717, 1.165) is 22.3 Å². The van der Waals surface area contributed by atoms with Crippen molar-refractivity contribution < 1.29 is 4.79 Å². The SMILES string of the molecule is N=C(N)c1cccc(CCC(=O)c2ccc(-c3ccccc3)cc2)c1. The maximum absolute atomic E-state index is 12.4. The third kappa shape index (κ3) is 4.21. The zero-order valence-electron chi connectivity index (χ0n) is 13.9. The molecule has 3 aromatic carbocycles. The Balaban J connectivity index is 1.65. The number of aryl methyl sites for hydroxylation is 1. The number of benzene rings is 3. The number of ketones is 1. The molecule has 0 aliphatic carbocycles. The van der Waals surface area contributed by atoms with Crippen LogP contribution in [-0.2, 0) is 6.42 Å². The number of amidine groups is 1. The largest absolute Gasteiger partial charge is 0.384 e. The second kappa shape index (κ2) is 7.58. The van der Waals surface area contributed by atoms with Crippen LogP contribution >= 0.6 is 0 Å². The van der Waals surface area contributed by atoms with Gasteiger partial charge in [-0.3, -0.25) is 10.2 Å². The number of hydrogen-bond acceptors (Lipinski definition) is 2. The van der Waals surface area contributed by atoms with Gasteiger partial charge in [0.25, 0.3) is 0 Å². The molecular weight excluding hydrogens is 308 g/mol. The first kappa shape index (κ1) is 16.7. The molecule has 0 radical (unpaired) electrons. The molecule has 0 aliphatic heterocycles. The number of nitrogen functional groups attached to an aromatic ring is 1. The standard InChI is InChI=1S/C22H20N2O/c23-22(24)20-8-4-5-16(15-20)9-14-21(25)19-12-10-18(11-13-19)17-6-2-1-3-7-17/h1-8,10-13,15H,9,14H2,(H3,23,24). The van der Waals surface area contributed by atoms with Crippen LogP contribution in [0.2, 0.25) is 0 Å². The van der Waals surface area contributed by atoms with Gasteiger partial charge in [0.15, 0.2) is 5.78 Å². The first-order valence-electron chi connectivity index (χ1n) is 8.25. The highest BCUT2D eigenvalue weighted by molar-refractivity contribution is 5.97. The number of Topliss-reactive ketones (excluding diaryl/α,β-unsaturated/α-hetero) is 1. The minimum Gasteiger partial charge on any atom is -0.384 e. The monoisotopic (exact) mass is 328 g/mol. The molecule has 0 bridgehead atoms. The normalized spacial score (nSPS) is 10.4. The van der Waals surface area contributed by atoms with Crippen molar-refractivity contribution in [3.8, 4) is 11.1 Å². The van der Waals surface area contributed by atoms with E-state index in [0.29, 0.717) is 18.4 Å². The van der Waals surface area contributed by atoms with E-state index in [1.54, 1.807) is 6.07 Å². The van der Waals surface area contributed by atoms with Crippen LogP contribution < -0.4 is 5.73 Å². The van der Waals surface area contributed by atoms with Crippen LogP contribution in [0.25, 0.3) is 11.1 Å². The van der Waals surface area contributed by atoms with Gasteiger partial charge in [0.2, 0.25) is 0 Å². The fraction of sp³-hybridized carbons (Fsp3) is 0.0909. The van der Waals surface area contributed by atoms with E-state index in [2.05, 4.69) is 12.1 Å². The van der Waals surface area contributed by atoms with Gasteiger partial charge in [-0.2, -0.15) is 0 Å². The average molecular weight is 328 g/mol. The first-order chi connectivity index (χ1) is 12.1. The van der Waals surface area contributed by atoms with Crippen molar-refractivity contribution in [3.63, 3.8) is 0 Å². The fourth-order valence-corrected chi connectivity index (χ4v) is 2.78. The van der Waals surface area contributed by atoms with Gasteiger partial charge < -0.3 is 5.73 Å². The predicted molar refractivity (Wildman–Crippen MR) is 102 cm³/mol. The summed E-state index contributed by atoms with van der Waals surface area (Å²) < 4.78 is 0. The van der Waals surface area contributed by atoms with Crippen LogP contribution in [-0.4, -0.2) is 11.6 Å². The Morgan fingerprint density at radius 1 is 0.800 bits per heavy atom. The van der Waals surface area contributed by atoms with Crippen LogP contribution in [0.1, 0.15) is 27.9 Å². The molecule has 0 aromatic heterocycles. The van der Waals surface area contributed by atoms with Gasteiger partial charge in [-0.05, 0) is 29.2 Å². The van der Waals surface area contributed by atoms with Crippen molar-refractivity contribution >= 4 is 11.6 Å². The zero-order valence-corrected chi connectivity index (χ0v) is 13.9. The summed E-state index contributed by atoms with van der Waals surface area (Å²) in [6.07, 6.45) is 1.08. The second-order valence-electron chi connectivity index (χ2n) is 5.98. The third-order valence-corrected chi connectivity index (χ3v) is 4.19. The van der Waals surface area contributed by atoms with E-state index in [1.165, 1.54) is 0 Å². The summed E-state index contributed by atoms with van der Waals surface area (Å²) in [4.78, 5) is 12.4. The number of carbonyl (C=O) groups is 1. The Morgan fingerprint density at radius 2 is 1.48 bits per heavy atom. The topological polar surface area (TPSA) is 66.9 Å². The Hall–Kier alpha value is -3.20. The van der Waals surface area contributed by atoms with Gasteiger partial charge in [0.1, 0.15) is 5.84 Å². The van der Waals surface area contributed by atoms with E-state index in [4.69, 9.17) is 11.1 Å². The van der Waals surface area contributed by atoms with E-state index in [1.807, 2.05) is 60.7 Å². The average Bonchev–Trinajstić information content (AvgIpc) is 2.67. The molecule has 3 rings (SSSR count). The van der Waals surface area contributed by atoms with Gasteiger partial charge >= 0.3 is 0 Å². The van der Waals surface area contributed by atoms with Crippen molar-refractivity contribution in [2.75, 3.05) is 0 Å². The van der Waals surface area contributed by atoms with Gasteiger partial charge in [-0.1, -0.05) is 72.8 Å². The summed E-state index contributed by atoms with van der Waals surface area (Å²) in [7, 11) is 0. The lowest BCUT2D eigenvalue weighted by molar-refractivity contribution is 0.0983. The summed E-state index contributed by atoms with van der Waals surface area (Å²) in [5.41, 5.74) is 10.2. The van der Waals surface area contributed by atoms with Crippen LogP contribution in [0.3, 0.4) is 0 Å². The summed E-state index contributed by atoms with van der Waals surface area (Å²) in [5, 5.41) is 7.49. The van der Waals surface area contributed by atoms with Crippen LogP contribution in [0.5, 0.6) is 0 Å². The van der Waals surface area contributed by atoms with E-state index >= 15 is 0 Å². The van der Waals surface area contributed by atoms with Gasteiger partial charge in [0, 0.05) is 17.5 Å². The molecule has 0 saturated carbocycles. The quantitative estimate of drug-likeness (QED) is 0.399. The number of rotatable bonds is 6. The number of nitrogens with one attached hydrogen (secondary N) is 1. The van der Waals surface area contributed by atoms with Crippen LogP contribution in [0.15, 0.2) is 78.9 Å². The third-order valence-electron chi connectivity index (χ3n) is 4.19. The van der Waals surface area contributed by atoms with E-state index in [9.17, 15) is 4.79 Å². The summed E-state index contributed by atoms with van der Waals surface area (Å²) in [5.74, 6) is 0.164. The Morgan fingerprint density at radius 3 is 2.16 bits per heavy atom. The molecule has 3 heteroatoms. The molecule has 25 heavy (non-hydrogen) atoms. The predicted octanol–water partition coefficient (Wildman–Crippen LogP) is 4.45. The molecule has 0 fully saturated rings. The van der Waals surface area contributed by atoms with E-state index in [-0.39, 0.29) is 11.6 Å². The summed E-state index contributed by atoms with van der Waals surface area (Å²) in [6.45, 7) is 0. The molecule has 0 amide bonds. The molecule has 3 N–H and O–H groups in total. The lowest BCUT2D eigenvalue weighted by atomic mass is 9.99. The van der Waals surface area contributed by atoms with Crippen LogP contribution in [0.4, 0.5) is 0 Å². The molecule has 3 aromatic rings. The molecule has 3 nitrogen and oxygen atoms in total. The Labute approximate surface area is 147 Å². The summed E-state index contributed by atoms with van der Waals surface area (Å²) in [6, 6.07) is 25.3. The highest BCUT2D eigenvalue weighted by atomic mass is 16.1. The fourth-order valence-electron chi connectivity index (χ4n) is 2.78. The molecule has 0 heterocycles. The summed E-state index contributed by atoms with van der Waals surface area (Å²) >= 11 is 0. The molecule has 0 saturated heterocycles. The highest BCUT2D eigenvalue weighted by Gasteiger charge is 2.07. The number of hydrogen-bond donors (Lipinski definition) is 2. The molecule has 0 aliphatic rings. The van der Waals surface area contributed by atoms with E-state index < -0.39 is 0 Å².